The maximum absolute atomic E-state index is 12.9. The van der Waals surface area contributed by atoms with Crippen molar-refractivity contribution >= 4 is 29.0 Å². The van der Waals surface area contributed by atoms with Gasteiger partial charge in [0.25, 0.3) is 5.91 Å². The SMILES string of the molecule is C/C=C(\C)C(=O)N1CCc2c(C(=O)NC(/C=C(\N)C(C)(C)C)=NCC)csc2C1.CCC(C)=C(C)/C=C\C=C/C(C)CC. The number of fused-ring (bicyclic) bond motifs is 1. The second-order valence-electron chi connectivity index (χ2n) is 12.1. The van der Waals surface area contributed by atoms with Gasteiger partial charge in [0, 0.05) is 40.0 Å². The molecule has 238 valence electrons. The van der Waals surface area contributed by atoms with Crippen molar-refractivity contribution in [3.05, 3.63) is 80.3 Å². The Bertz CT molecular complexity index is 1270. The van der Waals surface area contributed by atoms with Gasteiger partial charge in [0.05, 0.1) is 12.1 Å². The molecular weight excluding hydrogens is 552 g/mol. The van der Waals surface area contributed by atoms with Gasteiger partial charge < -0.3 is 16.0 Å². The first-order valence-electron chi connectivity index (χ1n) is 15.6. The number of rotatable bonds is 9. The van der Waals surface area contributed by atoms with Crippen molar-refractivity contribution in [1.82, 2.24) is 10.2 Å². The monoisotopic (exact) mass is 608 g/mol. The lowest BCUT2D eigenvalue weighted by Crippen LogP contribution is -2.37. The summed E-state index contributed by atoms with van der Waals surface area (Å²) in [5.41, 5.74) is 11.9. The van der Waals surface area contributed by atoms with Crippen molar-refractivity contribution in [2.24, 2.45) is 22.1 Å². The lowest BCUT2D eigenvalue weighted by Gasteiger charge is -2.27. The highest BCUT2D eigenvalue weighted by molar-refractivity contribution is 7.10. The smallest absolute Gasteiger partial charge is 0.257 e. The number of nitrogens with zero attached hydrogens (tertiary/aromatic N) is 2. The van der Waals surface area contributed by atoms with E-state index in [0.29, 0.717) is 49.1 Å². The highest BCUT2D eigenvalue weighted by Gasteiger charge is 2.27. The fourth-order valence-corrected chi connectivity index (χ4v) is 5.01. The number of aliphatic imine (C=N–C) groups is 1. The van der Waals surface area contributed by atoms with Crippen LogP contribution < -0.4 is 11.1 Å². The van der Waals surface area contributed by atoms with Crippen LogP contribution in [0, 0.1) is 11.3 Å². The average Bonchev–Trinajstić information content (AvgIpc) is 3.41. The number of carbonyl (C=O) groups excluding carboxylic acids is 2. The first-order chi connectivity index (χ1) is 20.2. The Kier molecular flexibility index (Phi) is 16.3. The van der Waals surface area contributed by atoms with Gasteiger partial charge >= 0.3 is 0 Å². The van der Waals surface area contributed by atoms with Crippen LogP contribution in [0.3, 0.4) is 0 Å². The zero-order valence-electron chi connectivity index (χ0n) is 28.6. The number of allylic oxidation sites excluding steroid dienone is 8. The summed E-state index contributed by atoms with van der Waals surface area (Å²) in [5.74, 6) is 1.03. The van der Waals surface area contributed by atoms with Crippen LogP contribution in [0.1, 0.15) is 110 Å². The number of amides is 2. The van der Waals surface area contributed by atoms with E-state index in [1.165, 1.54) is 28.9 Å². The van der Waals surface area contributed by atoms with Crippen LogP contribution in [-0.2, 0) is 17.8 Å². The van der Waals surface area contributed by atoms with Crippen LogP contribution in [0.25, 0.3) is 0 Å². The maximum atomic E-state index is 12.9. The molecule has 2 amide bonds. The van der Waals surface area contributed by atoms with E-state index in [-0.39, 0.29) is 17.2 Å². The number of nitrogens with two attached hydrogens (primary N) is 1. The number of hydrogen-bond acceptors (Lipinski definition) is 5. The van der Waals surface area contributed by atoms with Crippen LogP contribution in [0.2, 0.25) is 0 Å². The lowest BCUT2D eigenvalue weighted by molar-refractivity contribution is -0.127. The molecule has 0 saturated heterocycles. The van der Waals surface area contributed by atoms with E-state index in [4.69, 9.17) is 5.73 Å². The topological polar surface area (TPSA) is 87.8 Å². The second kappa shape index (κ2) is 18.5. The molecule has 3 N–H and O–H groups in total. The Labute approximate surface area is 265 Å². The summed E-state index contributed by atoms with van der Waals surface area (Å²) in [5, 5.41) is 4.78. The Morgan fingerprint density at radius 1 is 1.16 bits per heavy atom. The molecule has 0 bridgehead atoms. The van der Waals surface area contributed by atoms with Gasteiger partial charge in [-0.1, -0.05) is 89.5 Å². The van der Waals surface area contributed by atoms with Crippen LogP contribution in [0.5, 0.6) is 0 Å². The van der Waals surface area contributed by atoms with Crippen molar-refractivity contribution in [3.8, 4) is 0 Å². The van der Waals surface area contributed by atoms with Crippen molar-refractivity contribution in [3.63, 3.8) is 0 Å². The quantitative estimate of drug-likeness (QED) is 0.127. The number of amidine groups is 1. The molecule has 2 heterocycles. The van der Waals surface area contributed by atoms with Gasteiger partial charge in [-0.15, -0.1) is 11.3 Å². The zero-order chi connectivity index (χ0) is 32.7. The van der Waals surface area contributed by atoms with Crippen LogP contribution in [0.4, 0.5) is 0 Å². The molecule has 43 heavy (non-hydrogen) atoms. The first-order valence-corrected chi connectivity index (χ1v) is 16.4. The fraction of sp³-hybridized carbons (Fsp3) is 0.528. The van der Waals surface area contributed by atoms with E-state index in [1.54, 1.807) is 6.08 Å². The molecule has 1 aromatic heterocycles. The molecular formula is C36H56N4O2S. The predicted octanol–water partition coefficient (Wildman–Crippen LogP) is 8.53. The van der Waals surface area contributed by atoms with Gasteiger partial charge in [0.15, 0.2) is 0 Å². The molecule has 6 nitrogen and oxygen atoms in total. The Morgan fingerprint density at radius 2 is 1.84 bits per heavy atom. The maximum Gasteiger partial charge on any atom is 0.257 e. The minimum absolute atomic E-state index is 0.0534. The van der Waals surface area contributed by atoms with Crippen molar-refractivity contribution < 1.29 is 9.59 Å². The normalized spacial score (nSPS) is 16.1. The molecule has 0 spiro atoms. The third-order valence-corrected chi connectivity index (χ3v) is 8.74. The molecule has 7 heteroatoms. The fourth-order valence-electron chi connectivity index (χ4n) is 3.92. The molecule has 0 saturated carbocycles. The molecule has 2 rings (SSSR count). The molecule has 1 aliphatic rings. The molecule has 0 fully saturated rings. The van der Waals surface area contributed by atoms with E-state index in [0.717, 1.165) is 22.4 Å². The molecule has 0 aromatic carbocycles. The number of nitrogens with one attached hydrogen (secondary N) is 1. The predicted molar refractivity (Wildman–Crippen MR) is 186 cm³/mol. The third-order valence-electron chi connectivity index (χ3n) is 7.72. The standard InChI is InChI=1S/C22H32N4O2S.C14H24/c1-7-14(3)21(28)26-10-9-15-16(13-29-17(15)12-26)20(27)25-19(24-8-2)11-18(23)22(4,5)6;1-6-12(3)10-8-9-11-14(5)13(4)7-2/h7,11,13H,8-10,12,23H2,1-6H3,(H,24,25,27);8-12H,6-7H2,1-5H3/b14-7+,18-11-;10-8-,11-9-,14-13?. The summed E-state index contributed by atoms with van der Waals surface area (Å²) in [6, 6.07) is 0. The average molecular weight is 609 g/mol. The van der Waals surface area contributed by atoms with Gasteiger partial charge in [0.1, 0.15) is 5.84 Å². The van der Waals surface area contributed by atoms with Crippen LogP contribution >= 0.6 is 11.3 Å². The second-order valence-corrected chi connectivity index (χ2v) is 13.1. The molecule has 0 aliphatic carbocycles. The minimum atomic E-state index is -0.207. The minimum Gasteiger partial charge on any atom is -0.401 e. The summed E-state index contributed by atoms with van der Waals surface area (Å²) < 4.78 is 0. The summed E-state index contributed by atoms with van der Waals surface area (Å²) in [6.07, 6.45) is 15.3. The molecule has 1 aliphatic heterocycles. The van der Waals surface area contributed by atoms with E-state index in [2.05, 4.69) is 69.2 Å². The molecule has 1 atom stereocenters. The summed E-state index contributed by atoms with van der Waals surface area (Å²) >= 11 is 1.53. The van der Waals surface area contributed by atoms with Crippen LogP contribution in [0.15, 0.2) is 69.2 Å². The molecule has 1 unspecified atom stereocenters. The molecule has 1 aromatic rings. The van der Waals surface area contributed by atoms with Crippen molar-refractivity contribution in [2.45, 2.75) is 102 Å². The van der Waals surface area contributed by atoms with E-state index < -0.39 is 0 Å². The highest BCUT2D eigenvalue weighted by Crippen LogP contribution is 2.29. The van der Waals surface area contributed by atoms with E-state index in [9.17, 15) is 9.59 Å². The zero-order valence-corrected chi connectivity index (χ0v) is 29.4. The third kappa shape index (κ3) is 12.5. The van der Waals surface area contributed by atoms with Crippen LogP contribution in [-0.4, -0.2) is 35.6 Å². The Balaban J connectivity index is 0.000000557. The van der Waals surface area contributed by atoms with E-state index in [1.807, 2.05) is 57.9 Å². The van der Waals surface area contributed by atoms with Gasteiger partial charge in [-0.05, 0) is 65.0 Å². The summed E-state index contributed by atoms with van der Waals surface area (Å²) in [7, 11) is 0. The van der Waals surface area contributed by atoms with Crippen molar-refractivity contribution in [1.29, 1.82) is 0 Å². The van der Waals surface area contributed by atoms with Gasteiger partial charge in [-0.25, -0.2) is 0 Å². The lowest BCUT2D eigenvalue weighted by atomic mass is 9.92. The molecule has 0 radical (unpaired) electrons. The van der Waals surface area contributed by atoms with Gasteiger partial charge in [-0.3, -0.25) is 14.6 Å². The highest BCUT2D eigenvalue weighted by atomic mass is 32.1. The first kappa shape index (κ1) is 37.8. The number of thiophene rings is 1. The summed E-state index contributed by atoms with van der Waals surface area (Å²) in [4.78, 5) is 32.6. The largest absolute Gasteiger partial charge is 0.401 e. The summed E-state index contributed by atoms with van der Waals surface area (Å²) in [6.45, 7) is 24.4. The van der Waals surface area contributed by atoms with Gasteiger partial charge in [-0.2, -0.15) is 0 Å². The number of hydrogen-bond donors (Lipinski definition) is 2. The van der Waals surface area contributed by atoms with Crippen molar-refractivity contribution in [2.75, 3.05) is 13.1 Å². The van der Waals surface area contributed by atoms with Gasteiger partial charge in [0.2, 0.25) is 5.91 Å². The van der Waals surface area contributed by atoms with E-state index >= 15 is 0 Å². The Hall–Kier alpha value is -3.19. The number of carbonyl (C=O) groups is 2. The Morgan fingerprint density at radius 3 is 2.40 bits per heavy atom.